The Labute approximate surface area is 223 Å². The molecule has 1 fully saturated rings. The molecule has 1 amide bonds. The summed E-state index contributed by atoms with van der Waals surface area (Å²) >= 11 is 6.34. The normalized spacial score (nSPS) is 17.9. The molecule has 0 saturated heterocycles. The highest BCUT2D eigenvalue weighted by Crippen LogP contribution is 2.37. The minimum Gasteiger partial charge on any atom is -0.474 e. The van der Waals surface area contributed by atoms with Crippen LogP contribution in [0.4, 0.5) is 4.79 Å². The molecule has 1 N–H and O–H groups in total. The van der Waals surface area contributed by atoms with Gasteiger partial charge in [0, 0.05) is 51.5 Å². The van der Waals surface area contributed by atoms with Crippen molar-refractivity contribution in [2.75, 3.05) is 6.61 Å². The molecule has 37 heavy (non-hydrogen) atoms. The molecule has 0 aliphatic heterocycles. The Balaban J connectivity index is 1.54. The Morgan fingerprint density at radius 3 is 2.62 bits per heavy atom. The number of aromatic nitrogens is 4. The molecule has 1 aliphatic carbocycles. The molecule has 0 radical (unpaired) electrons. The van der Waals surface area contributed by atoms with E-state index in [0.29, 0.717) is 37.7 Å². The largest absolute Gasteiger partial charge is 0.474 e. The zero-order chi connectivity index (χ0) is 26.8. The number of rotatable bonds is 9. The number of ether oxygens (including phenoxy) is 3. The van der Waals surface area contributed by atoms with E-state index in [-0.39, 0.29) is 17.4 Å². The predicted molar refractivity (Wildman–Crippen MR) is 147 cm³/mol. The molecule has 1 aliphatic rings. The second-order valence-electron chi connectivity index (χ2n) is 11.6. The van der Waals surface area contributed by atoms with Gasteiger partial charge in [-0.3, -0.25) is 4.98 Å². The predicted octanol–water partition coefficient (Wildman–Crippen LogP) is 5.89. The Morgan fingerprint density at radius 1 is 1.22 bits per heavy atom. The third-order valence-corrected chi connectivity index (χ3v) is 7.79. The highest BCUT2D eigenvalue weighted by molar-refractivity contribution is 6.76. The molecule has 0 bridgehead atoms. The second kappa shape index (κ2) is 11.0. The lowest BCUT2D eigenvalue weighted by atomic mass is 9.89. The molecule has 0 aromatic carbocycles. The van der Waals surface area contributed by atoms with Crippen molar-refractivity contribution >= 4 is 36.8 Å². The molecule has 0 spiro atoms. The van der Waals surface area contributed by atoms with Crippen molar-refractivity contribution in [3.63, 3.8) is 0 Å². The SMILES string of the molecule is CC(C)(C)OC(=O)NC1CC(Oc2nc(Cl)nc3c2c(-c2ccccn2)cn3COCC[Si](C)(C)C)C1. The van der Waals surface area contributed by atoms with Crippen molar-refractivity contribution in [2.24, 2.45) is 0 Å². The molecule has 1 saturated carbocycles. The van der Waals surface area contributed by atoms with Crippen LogP contribution >= 0.6 is 11.6 Å². The maximum atomic E-state index is 12.1. The minimum absolute atomic E-state index is 0.0210. The summed E-state index contributed by atoms with van der Waals surface area (Å²) in [7, 11) is -1.20. The van der Waals surface area contributed by atoms with Gasteiger partial charge in [0.05, 0.1) is 11.1 Å². The summed E-state index contributed by atoms with van der Waals surface area (Å²) in [4.78, 5) is 25.6. The van der Waals surface area contributed by atoms with Crippen LogP contribution in [0.1, 0.15) is 33.6 Å². The van der Waals surface area contributed by atoms with E-state index >= 15 is 0 Å². The summed E-state index contributed by atoms with van der Waals surface area (Å²) < 4.78 is 19.6. The third-order valence-electron chi connectivity index (χ3n) is 5.92. The van der Waals surface area contributed by atoms with Crippen molar-refractivity contribution in [3.05, 3.63) is 35.9 Å². The number of pyridine rings is 1. The second-order valence-corrected chi connectivity index (χ2v) is 17.6. The molecule has 0 atom stereocenters. The van der Waals surface area contributed by atoms with Gasteiger partial charge in [0.15, 0.2) is 5.65 Å². The maximum absolute atomic E-state index is 12.1. The average Bonchev–Trinajstić information content (AvgIpc) is 3.12. The third kappa shape index (κ3) is 7.42. The van der Waals surface area contributed by atoms with Crippen molar-refractivity contribution in [3.8, 4) is 17.1 Å². The highest BCUT2D eigenvalue weighted by Gasteiger charge is 2.34. The Morgan fingerprint density at radius 2 is 1.97 bits per heavy atom. The molecular weight excluding hydrogens is 510 g/mol. The lowest BCUT2D eigenvalue weighted by Gasteiger charge is -2.35. The van der Waals surface area contributed by atoms with E-state index in [4.69, 9.17) is 25.8 Å². The number of alkyl carbamates (subject to hydrolysis) is 1. The van der Waals surface area contributed by atoms with Crippen molar-refractivity contribution in [1.29, 1.82) is 0 Å². The van der Waals surface area contributed by atoms with Gasteiger partial charge in [-0.2, -0.15) is 9.97 Å². The minimum atomic E-state index is -1.20. The van der Waals surface area contributed by atoms with Crippen LogP contribution in [-0.2, 0) is 16.2 Å². The lowest BCUT2D eigenvalue weighted by molar-refractivity contribution is 0.0358. The fourth-order valence-corrected chi connectivity index (χ4v) is 4.90. The zero-order valence-corrected chi connectivity index (χ0v) is 24.1. The number of nitrogens with one attached hydrogen (secondary N) is 1. The quantitative estimate of drug-likeness (QED) is 0.203. The van der Waals surface area contributed by atoms with Gasteiger partial charge in [-0.15, -0.1) is 0 Å². The number of carbonyl (C=O) groups is 1. The van der Waals surface area contributed by atoms with Gasteiger partial charge >= 0.3 is 6.09 Å². The summed E-state index contributed by atoms with van der Waals surface area (Å²) in [5.74, 6) is 0.400. The summed E-state index contributed by atoms with van der Waals surface area (Å²) in [6, 6.07) is 6.80. The lowest BCUT2D eigenvalue weighted by Crippen LogP contribution is -2.50. The molecule has 3 aromatic rings. The van der Waals surface area contributed by atoms with Crippen LogP contribution in [0.2, 0.25) is 31.0 Å². The zero-order valence-electron chi connectivity index (χ0n) is 22.4. The summed E-state index contributed by atoms with van der Waals surface area (Å²) in [6.45, 7) is 13.5. The summed E-state index contributed by atoms with van der Waals surface area (Å²) in [5.41, 5.74) is 1.72. The number of halogens is 1. The van der Waals surface area contributed by atoms with Crippen molar-refractivity contribution in [1.82, 2.24) is 24.8 Å². The summed E-state index contributed by atoms with van der Waals surface area (Å²) in [6.07, 6.45) is 4.45. The van der Waals surface area contributed by atoms with Crippen LogP contribution in [0, 0.1) is 0 Å². The van der Waals surface area contributed by atoms with Gasteiger partial charge in [0.25, 0.3) is 0 Å². The topological polar surface area (TPSA) is 100 Å². The van der Waals surface area contributed by atoms with Gasteiger partial charge in [-0.1, -0.05) is 25.7 Å². The van der Waals surface area contributed by atoms with Gasteiger partial charge in [0.1, 0.15) is 18.4 Å². The number of fused-ring (bicyclic) bond motifs is 1. The van der Waals surface area contributed by atoms with Gasteiger partial charge in [-0.25, -0.2) is 4.79 Å². The number of nitrogens with zero attached hydrogens (tertiary/aromatic N) is 4. The van der Waals surface area contributed by atoms with Crippen LogP contribution in [0.5, 0.6) is 5.88 Å². The molecule has 11 heteroatoms. The maximum Gasteiger partial charge on any atom is 0.407 e. The molecule has 9 nitrogen and oxygen atoms in total. The number of hydrogen-bond acceptors (Lipinski definition) is 7. The Kier molecular flexibility index (Phi) is 8.10. The van der Waals surface area contributed by atoms with Gasteiger partial charge in [0.2, 0.25) is 11.2 Å². The summed E-state index contributed by atoms with van der Waals surface area (Å²) in [5, 5.41) is 3.72. The highest BCUT2D eigenvalue weighted by atomic mass is 35.5. The van der Waals surface area contributed by atoms with Gasteiger partial charge < -0.3 is 24.1 Å². The Hall–Kier alpha value is -2.69. The van der Waals surface area contributed by atoms with Crippen LogP contribution in [-0.4, -0.2) is 58.0 Å². The number of amides is 1. The van der Waals surface area contributed by atoms with Crippen LogP contribution < -0.4 is 10.1 Å². The average molecular weight is 546 g/mol. The first-order chi connectivity index (χ1) is 17.4. The monoisotopic (exact) mass is 545 g/mol. The van der Waals surface area contributed by atoms with E-state index in [2.05, 4.69) is 39.9 Å². The van der Waals surface area contributed by atoms with E-state index in [1.807, 2.05) is 49.7 Å². The first-order valence-corrected chi connectivity index (χ1v) is 16.7. The van der Waals surface area contributed by atoms with E-state index in [1.165, 1.54) is 0 Å². The van der Waals surface area contributed by atoms with E-state index in [9.17, 15) is 4.79 Å². The molecule has 200 valence electrons. The van der Waals surface area contributed by atoms with Crippen LogP contribution in [0.25, 0.3) is 22.3 Å². The number of carbonyl (C=O) groups excluding carboxylic acids is 1. The van der Waals surface area contributed by atoms with E-state index in [0.717, 1.165) is 22.7 Å². The Bertz CT molecular complexity index is 1230. The molecule has 0 unspecified atom stereocenters. The molecule has 3 heterocycles. The first kappa shape index (κ1) is 27.3. The smallest absolute Gasteiger partial charge is 0.407 e. The van der Waals surface area contributed by atoms with Crippen LogP contribution in [0.15, 0.2) is 30.6 Å². The molecule has 4 rings (SSSR count). The fraction of sp³-hybridized carbons (Fsp3) is 0.538. The molecule has 3 aromatic heterocycles. The first-order valence-electron chi connectivity index (χ1n) is 12.6. The standard InChI is InChI=1S/C26H36ClN5O4Si/c1-26(2,3)36-25(33)29-17-13-18(14-17)35-23-21-19(20-9-7-8-10-28-20)15-32(22(21)30-24(27)31-23)16-34-11-12-37(4,5)6/h7-10,15,17-18H,11-14,16H2,1-6H3,(H,29,33). The van der Waals surface area contributed by atoms with E-state index < -0.39 is 19.8 Å². The fourth-order valence-electron chi connectivity index (χ4n) is 3.98. The van der Waals surface area contributed by atoms with Crippen molar-refractivity contribution < 1.29 is 19.0 Å². The van der Waals surface area contributed by atoms with Crippen LogP contribution in [0.3, 0.4) is 0 Å². The number of hydrogen-bond donors (Lipinski definition) is 1. The van der Waals surface area contributed by atoms with E-state index in [1.54, 1.807) is 6.20 Å². The van der Waals surface area contributed by atoms with Crippen molar-refractivity contribution in [2.45, 2.75) is 83.8 Å². The van der Waals surface area contributed by atoms with Gasteiger partial charge in [-0.05, 0) is 50.5 Å². The molecular formula is C26H36ClN5O4Si.